The van der Waals surface area contributed by atoms with Crippen LogP contribution in [0.4, 0.5) is 23.2 Å². The van der Waals surface area contributed by atoms with E-state index in [0.717, 1.165) is 55.2 Å². The van der Waals surface area contributed by atoms with Crippen molar-refractivity contribution in [2.45, 2.75) is 139 Å². The number of nitrogens with two attached hydrogens (primary N) is 1. The summed E-state index contributed by atoms with van der Waals surface area (Å²) in [5, 5.41) is 9.00. The number of carbonyl (C=O) groups is 6. The second kappa shape index (κ2) is 27.7. The number of nitrogens with one attached hydrogen (secondary N) is 3. The number of carbonyl (C=O) groups excluding carboxylic acids is 6. The van der Waals surface area contributed by atoms with Gasteiger partial charge in [0, 0.05) is 112 Å². The highest BCUT2D eigenvalue weighted by atomic mass is 19.4. The van der Waals surface area contributed by atoms with Gasteiger partial charge in [-0.05, 0) is 101 Å². The van der Waals surface area contributed by atoms with Crippen LogP contribution in [0.15, 0.2) is 61.1 Å². The van der Waals surface area contributed by atoms with Crippen molar-refractivity contribution >= 4 is 41.1 Å². The van der Waals surface area contributed by atoms with Gasteiger partial charge < -0.3 is 55.2 Å². The third kappa shape index (κ3) is 15.3. The van der Waals surface area contributed by atoms with Gasteiger partial charge in [-0.1, -0.05) is 19.1 Å². The van der Waals surface area contributed by atoms with E-state index in [1.54, 1.807) is 30.4 Å². The monoisotopic (exact) mass is 1110 g/mol. The van der Waals surface area contributed by atoms with Crippen molar-refractivity contribution in [3.63, 3.8) is 0 Å². The average molecular weight is 1110 g/mol. The molecule has 3 aromatic rings. The lowest BCUT2D eigenvalue weighted by Crippen LogP contribution is -2.48. The summed E-state index contributed by atoms with van der Waals surface area (Å²) in [5.41, 5.74) is 3.57. The number of methoxy groups -OCH3 is 1. The topological polar surface area (TPSA) is 243 Å². The Bertz CT molecular complexity index is 2570. The number of anilines is 1. The number of ether oxygens (including phenoxy) is 5. The summed E-state index contributed by atoms with van der Waals surface area (Å²) in [6, 6.07) is 9.31. The Morgan fingerprint density at radius 3 is 2.27 bits per heavy atom. The van der Waals surface area contributed by atoms with Crippen LogP contribution >= 0.6 is 0 Å². The summed E-state index contributed by atoms with van der Waals surface area (Å²) < 4.78 is 87.4. The lowest BCUT2D eigenvalue weighted by Gasteiger charge is -2.32. The van der Waals surface area contributed by atoms with E-state index < -0.39 is 53.3 Å². The molecule has 4 aliphatic rings. The largest absolute Gasteiger partial charge is 0.496 e. The van der Waals surface area contributed by atoms with Gasteiger partial charge in [0.15, 0.2) is 5.60 Å². The Morgan fingerprint density at radius 2 is 1.59 bits per heavy atom. The zero-order valence-corrected chi connectivity index (χ0v) is 45.3. The Morgan fingerprint density at radius 1 is 0.886 bits per heavy atom. The van der Waals surface area contributed by atoms with Gasteiger partial charge in [-0.3, -0.25) is 38.7 Å². The predicted molar refractivity (Wildman–Crippen MR) is 280 cm³/mol. The molecule has 19 nitrogen and oxygen atoms in total. The summed E-state index contributed by atoms with van der Waals surface area (Å²) in [4.78, 5) is 88.9. The van der Waals surface area contributed by atoms with Gasteiger partial charge in [0.25, 0.3) is 11.8 Å². The van der Waals surface area contributed by atoms with Crippen molar-refractivity contribution < 1.29 is 70.0 Å². The number of amides is 6. The maximum atomic E-state index is 14.7. The molecule has 432 valence electrons. The minimum atomic E-state index is -4.90. The summed E-state index contributed by atoms with van der Waals surface area (Å²) in [5.74, 6) is -6.21. The first-order valence-electron chi connectivity index (χ1n) is 27.3. The number of nitrogens with zero attached hydrogens (tertiary/aromatic N) is 4. The highest BCUT2D eigenvalue weighted by Crippen LogP contribution is 2.55. The van der Waals surface area contributed by atoms with Crippen molar-refractivity contribution in [3.8, 4) is 5.75 Å². The maximum absolute atomic E-state index is 14.7. The molecule has 2 aliphatic carbocycles. The van der Waals surface area contributed by atoms with Crippen LogP contribution in [-0.2, 0) is 42.9 Å². The molecule has 0 bridgehead atoms. The molecule has 0 spiro atoms. The molecule has 6 amide bonds. The van der Waals surface area contributed by atoms with Gasteiger partial charge in [0.05, 0.1) is 44.5 Å². The molecule has 4 fully saturated rings. The molecular weight excluding hydrogens is 1040 g/mol. The number of pyridine rings is 2. The molecule has 2 aromatic heterocycles. The van der Waals surface area contributed by atoms with E-state index in [4.69, 9.17) is 29.4 Å². The average Bonchev–Trinajstić information content (AvgIpc) is 4.13. The third-order valence-electron chi connectivity index (χ3n) is 16.0. The van der Waals surface area contributed by atoms with E-state index in [9.17, 15) is 46.3 Å². The number of hydrogen-bond acceptors (Lipinski definition) is 13. The molecule has 2 aliphatic heterocycles. The predicted octanol–water partition coefficient (Wildman–Crippen LogP) is 5.85. The summed E-state index contributed by atoms with van der Waals surface area (Å²) in [6.07, 6.45) is 5.49. The van der Waals surface area contributed by atoms with E-state index in [0.29, 0.717) is 71.2 Å². The van der Waals surface area contributed by atoms with Gasteiger partial charge in [0.2, 0.25) is 23.6 Å². The number of likely N-dealkylation sites (tertiary alicyclic amines) is 1. The highest BCUT2D eigenvalue weighted by Gasteiger charge is 2.66. The highest BCUT2D eigenvalue weighted by molar-refractivity contribution is 5.99. The molecule has 0 radical (unpaired) electrons. The van der Waals surface area contributed by atoms with Gasteiger partial charge in [-0.25, -0.2) is 4.39 Å². The molecule has 4 heterocycles. The number of hydrogen-bond donors (Lipinski definition) is 4. The Kier molecular flexibility index (Phi) is 21.2. The molecule has 79 heavy (non-hydrogen) atoms. The quantitative estimate of drug-likeness (QED) is 0.0575. The van der Waals surface area contributed by atoms with E-state index in [-0.39, 0.29) is 103 Å². The Labute approximate surface area is 457 Å². The van der Waals surface area contributed by atoms with Crippen LogP contribution in [0.2, 0.25) is 0 Å². The van der Waals surface area contributed by atoms with Gasteiger partial charge in [0.1, 0.15) is 23.4 Å². The Balaban J connectivity index is 0.759. The van der Waals surface area contributed by atoms with Crippen molar-refractivity contribution in [2.24, 2.45) is 23.5 Å². The molecule has 0 unspecified atom stereocenters. The van der Waals surface area contributed by atoms with Crippen LogP contribution in [-0.4, -0.2) is 147 Å². The zero-order valence-electron chi connectivity index (χ0n) is 45.3. The van der Waals surface area contributed by atoms with Gasteiger partial charge in [-0.2, -0.15) is 13.2 Å². The first kappa shape index (κ1) is 60.3. The van der Waals surface area contributed by atoms with Crippen molar-refractivity contribution in [1.29, 1.82) is 0 Å². The van der Waals surface area contributed by atoms with Gasteiger partial charge >= 0.3 is 6.18 Å². The van der Waals surface area contributed by atoms with Crippen LogP contribution in [0.3, 0.4) is 0 Å². The molecule has 2 saturated carbocycles. The molecular formula is C56H74F4N8O11. The molecule has 2 saturated heterocycles. The molecule has 7 rings (SSSR count). The molecule has 5 N–H and O–H groups in total. The van der Waals surface area contributed by atoms with Gasteiger partial charge in [-0.15, -0.1) is 0 Å². The van der Waals surface area contributed by atoms with Crippen molar-refractivity contribution in [2.75, 3.05) is 65.1 Å². The van der Waals surface area contributed by atoms with Crippen molar-refractivity contribution in [3.05, 3.63) is 83.7 Å². The third-order valence-corrected chi connectivity index (χ3v) is 16.0. The van der Waals surface area contributed by atoms with Crippen LogP contribution in [0.25, 0.3) is 0 Å². The fraction of sp³-hybridized carbons (Fsp3) is 0.607. The van der Waals surface area contributed by atoms with Crippen molar-refractivity contribution in [1.82, 2.24) is 30.8 Å². The minimum Gasteiger partial charge on any atom is -0.496 e. The van der Waals surface area contributed by atoms with E-state index in [1.807, 2.05) is 6.07 Å². The second-order valence-electron chi connectivity index (χ2n) is 21.1. The summed E-state index contributed by atoms with van der Waals surface area (Å²) in [6.45, 7) is 3.55. The summed E-state index contributed by atoms with van der Waals surface area (Å²) >= 11 is 0. The maximum Gasteiger partial charge on any atom is 0.417 e. The molecule has 1 aromatic carbocycles. The Hall–Kier alpha value is -6.30. The number of primary amides is 1. The number of halogens is 4. The number of alkyl halides is 3. The molecule has 23 heteroatoms. The standard InChI is InChI=1S/C56H74F4N8O11/c1-34-48(42-19-12-37(57)30-45(42)75-4)50(79-55(34,2)56(58,59)60)54(74)68(39-20-23-63-44(31-39)51(61)71)25-29-76-26-7-22-64-52(72)35-10-13-38(14-11-35)66-46(69)9-6-27-77-40-15-17-41(18-16-40)78-28-24-65-53(73)43-32-47(70)67(3)49(43)36-8-5-21-62-33-36/h5,8,12,19-21,23,30-31,33-35,38,40-41,43,48-50H,6-7,9-11,13-18,22,24-29,32H2,1-4H3,(H2,61,71)(H,64,72)(H,65,73)(H,66,69)/t34-,35?,38?,40?,41?,43-,48-,49+,50+,55+/m0/s1. The van der Waals surface area contributed by atoms with E-state index >= 15 is 0 Å². The summed E-state index contributed by atoms with van der Waals surface area (Å²) in [7, 11) is 2.96. The van der Waals surface area contributed by atoms with Crippen LogP contribution in [0, 0.1) is 23.6 Å². The fourth-order valence-electron chi connectivity index (χ4n) is 11.3. The van der Waals surface area contributed by atoms with Crippen LogP contribution in [0.1, 0.15) is 124 Å². The molecule has 6 atom stereocenters. The lowest BCUT2D eigenvalue weighted by molar-refractivity contribution is -0.272. The second-order valence-corrected chi connectivity index (χ2v) is 21.1. The SMILES string of the molecule is COc1cc(F)ccc1[C@H]1[C@H](C(=O)N(CCOCCCNC(=O)C2CCC(NC(=O)CCCOC3CCC(OCCNC(=O)[C@H]4CC(=O)N(C)[C@@H]4c4cccnc4)CC3)CC2)c2ccnc(C(N)=O)c2)O[C@@](C)(C(F)(F)F)[C@H]1C. The lowest BCUT2D eigenvalue weighted by atomic mass is 9.77. The zero-order chi connectivity index (χ0) is 56.9. The number of benzene rings is 1. The van der Waals surface area contributed by atoms with Crippen LogP contribution < -0.4 is 31.3 Å². The first-order valence-corrected chi connectivity index (χ1v) is 27.3. The fourth-order valence-corrected chi connectivity index (χ4v) is 11.3. The van der Waals surface area contributed by atoms with Crippen LogP contribution in [0.5, 0.6) is 5.75 Å². The normalized spacial score (nSPS) is 26.1. The number of rotatable bonds is 25. The van der Waals surface area contributed by atoms with E-state index in [1.165, 1.54) is 38.4 Å². The number of aromatic nitrogens is 2. The first-order chi connectivity index (χ1) is 37.8. The van der Waals surface area contributed by atoms with E-state index in [2.05, 4.69) is 25.9 Å². The minimum absolute atomic E-state index is 0.0257. The smallest absolute Gasteiger partial charge is 0.417 e.